The molecule has 0 saturated heterocycles. The molecule has 17 heavy (non-hydrogen) atoms. The lowest BCUT2D eigenvalue weighted by atomic mass is 10.2. The van der Waals surface area contributed by atoms with Crippen LogP contribution >= 0.6 is 0 Å². The zero-order valence-corrected chi connectivity index (χ0v) is 7.94. The van der Waals surface area contributed by atoms with E-state index < -0.39 is 30.0 Å². The summed E-state index contributed by atoms with van der Waals surface area (Å²) in [6.07, 6.45) is -13.4. The van der Waals surface area contributed by atoms with Crippen molar-refractivity contribution < 1.29 is 35.5 Å². The van der Waals surface area contributed by atoms with E-state index in [9.17, 15) is 30.7 Å². The first-order chi connectivity index (χ1) is 7.63. The van der Waals surface area contributed by atoms with Gasteiger partial charge in [-0.1, -0.05) is 0 Å². The van der Waals surface area contributed by atoms with E-state index in [1.54, 1.807) is 0 Å². The van der Waals surface area contributed by atoms with Gasteiger partial charge in [0.1, 0.15) is 5.75 Å². The Bertz CT molecular complexity index is 368. The first-order valence-corrected chi connectivity index (χ1v) is 4.15. The standard InChI is InChI=1S/C9H5F7O/c10-7(11)9(15,16)17-6-3-1-5(2-4-6)8(12,13)14/h1-4,7H. The molecule has 1 aromatic rings. The zero-order chi connectivity index (χ0) is 13.3. The van der Waals surface area contributed by atoms with Crippen molar-refractivity contribution in [3.8, 4) is 5.75 Å². The van der Waals surface area contributed by atoms with Crippen LogP contribution in [0, 0.1) is 0 Å². The van der Waals surface area contributed by atoms with Gasteiger partial charge in [0.2, 0.25) is 0 Å². The third-order valence-corrected chi connectivity index (χ3v) is 1.69. The van der Waals surface area contributed by atoms with Gasteiger partial charge in [0.25, 0.3) is 0 Å². The monoisotopic (exact) mass is 262 g/mol. The molecule has 0 aliphatic carbocycles. The van der Waals surface area contributed by atoms with Crippen molar-refractivity contribution in [3.63, 3.8) is 0 Å². The van der Waals surface area contributed by atoms with Crippen molar-refractivity contribution in [1.82, 2.24) is 0 Å². The molecule has 8 heteroatoms. The number of hydrogen-bond acceptors (Lipinski definition) is 1. The summed E-state index contributed by atoms with van der Waals surface area (Å²) in [6, 6.07) is 1.99. The topological polar surface area (TPSA) is 9.23 Å². The fourth-order valence-electron chi connectivity index (χ4n) is 0.914. The molecule has 1 aromatic carbocycles. The molecule has 0 N–H and O–H groups in total. The zero-order valence-electron chi connectivity index (χ0n) is 7.94. The molecule has 0 amide bonds. The summed E-state index contributed by atoms with van der Waals surface area (Å²) in [4.78, 5) is 0. The fourth-order valence-corrected chi connectivity index (χ4v) is 0.914. The van der Waals surface area contributed by atoms with Crippen molar-refractivity contribution in [3.05, 3.63) is 29.8 Å². The van der Waals surface area contributed by atoms with Crippen LogP contribution in [0.2, 0.25) is 0 Å². The second-order valence-electron chi connectivity index (χ2n) is 2.99. The molecule has 96 valence electrons. The highest BCUT2D eigenvalue weighted by Crippen LogP contribution is 2.32. The normalized spacial score (nSPS) is 12.9. The third-order valence-electron chi connectivity index (χ3n) is 1.69. The number of rotatable bonds is 3. The molecule has 0 spiro atoms. The van der Waals surface area contributed by atoms with E-state index in [0.29, 0.717) is 24.3 Å². The van der Waals surface area contributed by atoms with E-state index in [1.807, 2.05) is 0 Å². The molecule has 0 bridgehead atoms. The van der Waals surface area contributed by atoms with Crippen LogP contribution in [-0.2, 0) is 6.18 Å². The predicted molar refractivity (Wildman–Crippen MR) is 43.0 cm³/mol. The Kier molecular flexibility index (Phi) is 3.53. The van der Waals surface area contributed by atoms with Crippen molar-refractivity contribution in [2.75, 3.05) is 0 Å². The third kappa shape index (κ3) is 3.50. The van der Waals surface area contributed by atoms with Gasteiger partial charge in [0.15, 0.2) is 0 Å². The molecule has 0 radical (unpaired) electrons. The van der Waals surface area contributed by atoms with Crippen LogP contribution in [0.15, 0.2) is 24.3 Å². The maximum absolute atomic E-state index is 12.4. The molecular formula is C9H5F7O. The van der Waals surface area contributed by atoms with Crippen molar-refractivity contribution >= 4 is 0 Å². The van der Waals surface area contributed by atoms with E-state index >= 15 is 0 Å². The molecule has 1 nitrogen and oxygen atoms in total. The lowest BCUT2D eigenvalue weighted by Gasteiger charge is -2.17. The summed E-state index contributed by atoms with van der Waals surface area (Å²) in [5, 5.41) is 0. The number of benzene rings is 1. The van der Waals surface area contributed by atoms with E-state index in [4.69, 9.17) is 0 Å². The van der Waals surface area contributed by atoms with Crippen LogP contribution in [0.3, 0.4) is 0 Å². The largest absolute Gasteiger partial charge is 0.461 e. The Labute approximate surface area is 90.8 Å². The second-order valence-corrected chi connectivity index (χ2v) is 2.99. The Morgan fingerprint density at radius 1 is 0.882 bits per heavy atom. The molecule has 0 saturated carbocycles. The van der Waals surface area contributed by atoms with Gasteiger partial charge in [-0.25, -0.2) is 0 Å². The van der Waals surface area contributed by atoms with E-state index in [-0.39, 0.29) is 0 Å². The Hall–Kier alpha value is -1.47. The first-order valence-electron chi connectivity index (χ1n) is 4.15. The number of hydrogen-bond donors (Lipinski definition) is 0. The van der Waals surface area contributed by atoms with Gasteiger partial charge < -0.3 is 4.74 Å². The molecular weight excluding hydrogens is 257 g/mol. The smallest absolute Gasteiger partial charge is 0.428 e. The number of ether oxygens (including phenoxy) is 1. The van der Waals surface area contributed by atoms with Crippen LogP contribution in [0.25, 0.3) is 0 Å². The first kappa shape index (κ1) is 13.6. The summed E-state index contributed by atoms with van der Waals surface area (Å²) < 4.78 is 88.0. The molecule has 0 aliphatic heterocycles. The minimum Gasteiger partial charge on any atom is -0.428 e. The summed E-state index contributed by atoms with van der Waals surface area (Å²) in [7, 11) is 0. The second kappa shape index (κ2) is 4.42. The molecule has 1 rings (SSSR count). The summed E-state index contributed by atoms with van der Waals surface area (Å²) >= 11 is 0. The van der Waals surface area contributed by atoms with Crippen LogP contribution in [0.1, 0.15) is 5.56 Å². The van der Waals surface area contributed by atoms with Crippen molar-refractivity contribution in [1.29, 1.82) is 0 Å². The van der Waals surface area contributed by atoms with Gasteiger partial charge in [-0.15, -0.1) is 0 Å². The highest BCUT2D eigenvalue weighted by molar-refractivity contribution is 5.29. The molecule has 0 atom stereocenters. The van der Waals surface area contributed by atoms with Crippen LogP contribution in [0.4, 0.5) is 30.7 Å². The average molecular weight is 262 g/mol. The summed E-state index contributed by atoms with van der Waals surface area (Å²) in [5.41, 5.74) is -1.09. The number of alkyl halides is 7. The highest BCUT2D eigenvalue weighted by atomic mass is 19.4. The average Bonchev–Trinajstić information content (AvgIpc) is 2.16. The molecule has 0 aromatic heterocycles. The van der Waals surface area contributed by atoms with E-state index in [1.165, 1.54) is 0 Å². The SMILES string of the molecule is FC(F)C(F)(F)Oc1ccc(C(F)(F)F)cc1. The van der Waals surface area contributed by atoms with Gasteiger partial charge in [0, 0.05) is 0 Å². The Morgan fingerprint density at radius 3 is 1.71 bits per heavy atom. The van der Waals surface area contributed by atoms with Crippen molar-refractivity contribution in [2.24, 2.45) is 0 Å². The van der Waals surface area contributed by atoms with E-state index in [2.05, 4.69) is 4.74 Å². The van der Waals surface area contributed by atoms with Gasteiger partial charge in [-0.2, -0.15) is 30.7 Å². The molecule has 0 fully saturated rings. The van der Waals surface area contributed by atoms with Gasteiger partial charge in [0.05, 0.1) is 5.56 Å². The van der Waals surface area contributed by atoms with Gasteiger partial charge >= 0.3 is 18.7 Å². The fraction of sp³-hybridized carbons (Fsp3) is 0.333. The minimum atomic E-state index is -4.74. The van der Waals surface area contributed by atoms with Crippen LogP contribution < -0.4 is 4.74 Å². The maximum atomic E-state index is 12.4. The number of halogens is 7. The highest BCUT2D eigenvalue weighted by Gasteiger charge is 2.44. The van der Waals surface area contributed by atoms with E-state index in [0.717, 1.165) is 0 Å². The van der Waals surface area contributed by atoms with Crippen molar-refractivity contribution in [2.45, 2.75) is 18.7 Å². The lowest BCUT2D eigenvalue weighted by Crippen LogP contribution is -2.33. The Morgan fingerprint density at radius 2 is 1.35 bits per heavy atom. The molecule has 0 unspecified atom stereocenters. The predicted octanol–water partition coefficient (Wildman–Crippen LogP) is 3.94. The Balaban J connectivity index is 2.83. The van der Waals surface area contributed by atoms with Gasteiger partial charge in [-0.3, -0.25) is 0 Å². The maximum Gasteiger partial charge on any atom is 0.461 e. The van der Waals surface area contributed by atoms with Crippen LogP contribution in [-0.4, -0.2) is 12.5 Å². The van der Waals surface area contributed by atoms with Crippen LogP contribution in [0.5, 0.6) is 5.75 Å². The summed E-state index contributed by atoms with van der Waals surface area (Å²) in [5.74, 6) is -0.775. The van der Waals surface area contributed by atoms with Gasteiger partial charge in [-0.05, 0) is 24.3 Å². The minimum absolute atomic E-state index is 0.455. The molecule has 0 aliphatic rings. The molecule has 0 heterocycles. The summed E-state index contributed by atoms with van der Waals surface area (Å²) in [6.45, 7) is 0. The lowest BCUT2D eigenvalue weighted by molar-refractivity contribution is -0.253. The quantitative estimate of drug-likeness (QED) is 0.749.